The summed E-state index contributed by atoms with van der Waals surface area (Å²) in [6.07, 6.45) is 1.28. The number of ketones is 2. The van der Waals surface area contributed by atoms with Crippen molar-refractivity contribution in [3.8, 4) is 0 Å². The van der Waals surface area contributed by atoms with Crippen LogP contribution in [0.3, 0.4) is 0 Å². The van der Waals surface area contributed by atoms with Crippen LogP contribution in [0.5, 0.6) is 0 Å². The molecule has 1 aliphatic carbocycles. The predicted molar refractivity (Wildman–Crippen MR) is 123 cm³/mol. The molecule has 1 saturated heterocycles. The number of rotatable bonds is 6. The van der Waals surface area contributed by atoms with Gasteiger partial charge in [-0.2, -0.15) is 0 Å². The number of piperidine rings is 1. The van der Waals surface area contributed by atoms with E-state index in [-0.39, 0.29) is 41.8 Å². The summed E-state index contributed by atoms with van der Waals surface area (Å²) in [7, 11) is 0. The Morgan fingerprint density at radius 2 is 1.79 bits per heavy atom. The average Bonchev–Trinajstić information content (AvgIpc) is 3.24. The van der Waals surface area contributed by atoms with Crippen molar-refractivity contribution >= 4 is 33.6 Å². The first kappa shape index (κ1) is 23.5. The molecule has 2 unspecified atom stereocenters. The molecule has 2 aliphatic rings. The number of Topliss-reactive ketones (excluding diaryl/α,β-unsaturated/α-hetero) is 2. The molecule has 1 aliphatic heterocycles. The highest BCUT2D eigenvalue weighted by atomic mass is 79.9. The third-order valence-corrected chi connectivity index (χ3v) is 6.65. The number of benzene rings is 1. The van der Waals surface area contributed by atoms with E-state index in [1.165, 1.54) is 24.3 Å². The first-order chi connectivity index (χ1) is 15.5. The van der Waals surface area contributed by atoms with Crippen molar-refractivity contribution in [2.45, 2.75) is 38.7 Å². The smallest absolute Gasteiger partial charge is 0.410 e. The Kier molecular flexibility index (Phi) is 6.40. The largest absolute Gasteiger partial charge is 0.444 e. The molecule has 1 aromatic heterocycles. The minimum absolute atomic E-state index is 0.0160. The Morgan fingerprint density at radius 3 is 2.36 bits per heavy atom. The van der Waals surface area contributed by atoms with Crippen molar-refractivity contribution < 1.29 is 23.5 Å². The maximum atomic E-state index is 13.3. The Hall–Kier alpha value is -2.61. The number of nitrogens with zero attached hydrogens (tertiary/aromatic N) is 2. The monoisotopic (exact) mass is 516 g/mol. The van der Waals surface area contributed by atoms with Gasteiger partial charge in [0.1, 0.15) is 21.8 Å². The number of fused-ring (bicyclic) bond motifs is 1. The number of carbonyl (C=O) groups excluding carboxylic acids is 3. The molecule has 0 radical (unpaired) electrons. The summed E-state index contributed by atoms with van der Waals surface area (Å²) in [4.78, 5) is 44.6. The lowest BCUT2D eigenvalue weighted by Gasteiger charge is -2.26. The van der Waals surface area contributed by atoms with E-state index >= 15 is 0 Å². The number of halogens is 2. The number of aromatic nitrogens is 1. The molecule has 4 atom stereocenters. The predicted octanol–water partition coefficient (Wildman–Crippen LogP) is 5.02. The van der Waals surface area contributed by atoms with Crippen LogP contribution in [0.2, 0.25) is 0 Å². The van der Waals surface area contributed by atoms with E-state index in [4.69, 9.17) is 4.74 Å². The van der Waals surface area contributed by atoms with E-state index in [0.29, 0.717) is 28.8 Å². The highest BCUT2D eigenvalue weighted by Crippen LogP contribution is 2.53. The molecule has 1 saturated carbocycles. The van der Waals surface area contributed by atoms with Crippen molar-refractivity contribution in [1.29, 1.82) is 0 Å². The van der Waals surface area contributed by atoms with E-state index in [1.54, 1.807) is 23.2 Å². The highest BCUT2D eigenvalue weighted by molar-refractivity contribution is 9.10. The fourth-order valence-corrected chi connectivity index (χ4v) is 5.01. The second-order valence-electron chi connectivity index (χ2n) is 9.74. The van der Waals surface area contributed by atoms with Gasteiger partial charge in [-0.05, 0) is 90.5 Å². The third-order valence-electron chi connectivity index (χ3n) is 6.22. The standard InChI is InChI=1S/C25H26BrFN2O4/c1-25(2,3)33-24(32)29-12-18-19(13-29)22(18)20(30)11-17(15-8-9-28-21(26)10-15)23(31)14-4-6-16(27)7-5-14/h4-10,17-19,22H,11-13H2,1-3H3/t17?,18-,19+,22?. The van der Waals surface area contributed by atoms with Gasteiger partial charge in [0, 0.05) is 37.2 Å². The number of likely N-dealkylation sites (tertiary alicyclic amines) is 1. The molecule has 1 amide bonds. The fourth-order valence-electron chi connectivity index (χ4n) is 4.63. The summed E-state index contributed by atoms with van der Waals surface area (Å²) in [5.74, 6) is -1.27. The van der Waals surface area contributed by atoms with E-state index in [1.807, 2.05) is 20.8 Å². The number of ether oxygens (including phenoxy) is 1. The molecule has 174 valence electrons. The lowest BCUT2D eigenvalue weighted by atomic mass is 9.86. The minimum atomic E-state index is -0.689. The van der Waals surface area contributed by atoms with E-state index in [9.17, 15) is 18.8 Å². The third kappa shape index (κ3) is 5.32. The number of amides is 1. The van der Waals surface area contributed by atoms with Gasteiger partial charge in [0.2, 0.25) is 0 Å². The van der Waals surface area contributed by atoms with Gasteiger partial charge in [-0.1, -0.05) is 0 Å². The SMILES string of the molecule is CC(C)(C)OC(=O)N1C[C@@H]2C(C(=O)CC(C(=O)c3ccc(F)cc3)c3ccnc(Br)c3)[C@@H]2C1. The minimum Gasteiger partial charge on any atom is -0.444 e. The zero-order chi connectivity index (χ0) is 23.9. The van der Waals surface area contributed by atoms with Crippen molar-refractivity contribution in [1.82, 2.24) is 9.88 Å². The normalized spacial score (nSPS) is 22.5. The van der Waals surface area contributed by atoms with Gasteiger partial charge in [-0.25, -0.2) is 14.2 Å². The second-order valence-corrected chi connectivity index (χ2v) is 10.6. The molecule has 0 spiro atoms. The van der Waals surface area contributed by atoms with Crippen LogP contribution in [-0.4, -0.2) is 46.2 Å². The van der Waals surface area contributed by atoms with Crippen molar-refractivity contribution in [2.75, 3.05) is 13.1 Å². The van der Waals surface area contributed by atoms with Gasteiger partial charge in [0.25, 0.3) is 0 Å². The zero-order valence-corrected chi connectivity index (χ0v) is 20.3. The van der Waals surface area contributed by atoms with Gasteiger partial charge in [-0.3, -0.25) is 9.59 Å². The topological polar surface area (TPSA) is 76.6 Å². The number of hydrogen-bond donors (Lipinski definition) is 0. The lowest BCUT2D eigenvalue weighted by molar-refractivity contribution is -0.121. The molecule has 8 heteroatoms. The molecule has 4 rings (SSSR count). The maximum absolute atomic E-state index is 13.3. The van der Waals surface area contributed by atoms with Crippen LogP contribution < -0.4 is 0 Å². The molecule has 2 aromatic rings. The number of pyridine rings is 1. The fraction of sp³-hybridized carbons (Fsp3) is 0.440. The average molecular weight is 517 g/mol. The first-order valence-electron chi connectivity index (χ1n) is 11.0. The van der Waals surface area contributed by atoms with Crippen LogP contribution in [0, 0.1) is 23.6 Å². The van der Waals surface area contributed by atoms with Crippen LogP contribution in [0.15, 0.2) is 47.2 Å². The maximum Gasteiger partial charge on any atom is 0.410 e. The van der Waals surface area contributed by atoms with Crippen molar-refractivity contribution in [3.05, 3.63) is 64.1 Å². The second kappa shape index (κ2) is 8.97. The molecular weight excluding hydrogens is 491 g/mol. The van der Waals surface area contributed by atoms with Crippen molar-refractivity contribution in [2.24, 2.45) is 17.8 Å². The Balaban J connectivity index is 1.46. The van der Waals surface area contributed by atoms with Crippen LogP contribution >= 0.6 is 15.9 Å². The summed E-state index contributed by atoms with van der Waals surface area (Å²) in [6, 6.07) is 8.82. The molecule has 1 aromatic carbocycles. The van der Waals surface area contributed by atoms with Gasteiger partial charge >= 0.3 is 6.09 Å². The Morgan fingerprint density at radius 1 is 1.15 bits per heavy atom. The summed E-state index contributed by atoms with van der Waals surface area (Å²) >= 11 is 3.33. The van der Waals surface area contributed by atoms with E-state index < -0.39 is 17.3 Å². The van der Waals surface area contributed by atoms with E-state index in [0.717, 1.165) is 0 Å². The van der Waals surface area contributed by atoms with Crippen molar-refractivity contribution in [3.63, 3.8) is 0 Å². The van der Waals surface area contributed by atoms with E-state index in [2.05, 4.69) is 20.9 Å². The Bertz CT molecular complexity index is 1070. The molecule has 6 nitrogen and oxygen atoms in total. The molecule has 33 heavy (non-hydrogen) atoms. The summed E-state index contributed by atoms with van der Waals surface area (Å²) in [5.41, 5.74) is 0.473. The molecular formula is C25H26BrFN2O4. The first-order valence-corrected chi connectivity index (χ1v) is 11.7. The number of hydrogen-bond acceptors (Lipinski definition) is 5. The zero-order valence-electron chi connectivity index (χ0n) is 18.8. The quantitative estimate of drug-likeness (QED) is 0.397. The Labute approximate surface area is 200 Å². The molecule has 0 bridgehead atoms. The van der Waals surface area contributed by atoms with Crippen LogP contribution in [-0.2, 0) is 9.53 Å². The molecule has 2 heterocycles. The van der Waals surface area contributed by atoms with Gasteiger partial charge in [-0.15, -0.1) is 0 Å². The molecule has 0 N–H and O–H groups in total. The summed E-state index contributed by atoms with van der Waals surface area (Å²) in [6.45, 7) is 6.46. The van der Waals surface area contributed by atoms with Crippen LogP contribution in [0.25, 0.3) is 0 Å². The highest BCUT2D eigenvalue weighted by Gasteiger charge is 2.60. The summed E-state index contributed by atoms with van der Waals surface area (Å²) in [5, 5.41) is 0. The van der Waals surface area contributed by atoms with Gasteiger partial charge in [0.05, 0.1) is 5.92 Å². The lowest BCUT2D eigenvalue weighted by Crippen LogP contribution is -2.37. The molecule has 2 fully saturated rings. The van der Waals surface area contributed by atoms with Crippen LogP contribution in [0.1, 0.15) is 49.0 Å². The van der Waals surface area contributed by atoms with Gasteiger partial charge < -0.3 is 9.64 Å². The summed E-state index contributed by atoms with van der Waals surface area (Å²) < 4.78 is 19.3. The van der Waals surface area contributed by atoms with Gasteiger partial charge in [0.15, 0.2) is 5.78 Å². The number of carbonyl (C=O) groups is 3. The van der Waals surface area contributed by atoms with Crippen LogP contribution in [0.4, 0.5) is 9.18 Å².